The summed E-state index contributed by atoms with van der Waals surface area (Å²) in [4.78, 5) is 12.1. The summed E-state index contributed by atoms with van der Waals surface area (Å²) in [6.07, 6.45) is 4.63. The van der Waals surface area contributed by atoms with E-state index in [9.17, 15) is 10.1 Å². The van der Waals surface area contributed by atoms with E-state index in [4.69, 9.17) is 11.6 Å². The molecule has 5 heteroatoms. The Morgan fingerprint density at radius 1 is 1.36 bits per heavy atom. The van der Waals surface area contributed by atoms with Crippen molar-refractivity contribution in [1.29, 1.82) is 5.26 Å². The third kappa shape index (κ3) is 4.22. The van der Waals surface area contributed by atoms with Crippen molar-refractivity contribution >= 4 is 17.5 Å². The van der Waals surface area contributed by atoms with Gasteiger partial charge in [-0.2, -0.15) is 5.26 Å². The minimum absolute atomic E-state index is 0.0242. The number of carbonyl (C=O) groups excluding carboxylic acids is 1. The predicted octanol–water partition coefficient (Wildman–Crippen LogP) is 3.33. The highest BCUT2D eigenvalue weighted by Crippen LogP contribution is 2.27. The second-order valence-electron chi connectivity index (χ2n) is 5.93. The van der Waals surface area contributed by atoms with Crippen LogP contribution in [0.2, 0.25) is 5.02 Å². The molecule has 0 radical (unpaired) electrons. The van der Waals surface area contributed by atoms with Crippen LogP contribution in [0.4, 0.5) is 0 Å². The molecule has 1 unspecified atom stereocenters. The minimum atomic E-state index is -0.676. The van der Waals surface area contributed by atoms with Gasteiger partial charge < -0.3 is 10.6 Å². The summed E-state index contributed by atoms with van der Waals surface area (Å²) in [5.41, 5.74) is 0.287. The van der Waals surface area contributed by atoms with Crippen molar-refractivity contribution in [3.63, 3.8) is 0 Å². The molecule has 1 fully saturated rings. The first-order valence-electron chi connectivity index (χ1n) is 7.76. The number of nitrogens with one attached hydrogen (secondary N) is 2. The third-order valence-corrected chi connectivity index (χ3v) is 4.58. The molecule has 22 heavy (non-hydrogen) atoms. The highest BCUT2D eigenvalue weighted by atomic mass is 35.5. The Kier molecular flexibility index (Phi) is 5.82. The van der Waals surface area contributed by atoms with Gasteiger partial charge in [0.15, 0.2) is 0 Å². The van der Waals surface area contributed by atoms with Gasteiger partial charge in [-0.15, -0.1) is 0 Å². The number of benzene rings is 1. The van der Waals surface area contributed by atoms with Crippen molar-refractivity contribution in [1.82, 2.24) is 10.6 Å². The maximum absolute atomic E-state index is 12.1. The number of hydrogen-bond donors (Lipinski definition) is 2. The van der Waals surface area contributed by atoms with E-state index in [2.05, 4.69) is 16.7 Å². The number of rotatable bonds is 5. The molecule has 0 spiro atoms. The van der Waals surface area contributed by atoms with Crippen LogP contribution in [-0.4, -0.2) is 18.0 Å². The Bertz CT molecular complexity index is 561. The first-order chi connectivity index (χ1) is 10.6. The van der Waals surface area contributed by atoms with Gasteiger partial charge in [0.25, 0.3) is 0 Å². The Hall–Kier alpha value is -1.57. The van der Waals surface area contributed by atoms with Crippen LogP contribution in [0, 0.1) is 11.3 Å². The lowest BCUT2D eigenvalue weighted by Gasteiger charge is -2.31. The molecule has 1 amide bonds. The molecule has 0 saturated heterocycles. The lowest BCUT2D eigenvalue weighted by atomic mass is 9.83. The van der Waals surface area contributed by atoms with E-state index in [1.54, 1.807) is 0 Å². The Labute approximate surface area is 136 Å². The van der Waals surface area contributed by atoms with Crippen LogP contribution in [0.5, 0.6) is 0 Å². The zero-order valence-corrected chi connectivity index (χ0v) is 13.6. The topological polar surface area (TPSA) is 64.9 Å². The zero-order chi connectivity index (χ0) is 16.0. The van der Waals surface area contributed by atoms with E-state index in [-0.39, 0.29) is 18.5 Å². The van der Waals surface area contributed by atoms with Gasteiger partial charge in [0, 0.05) is 11.1 Å². The fourth-order valence-corrected chi connectivity index (χ4v) is 3.21. The fraction of sp³-hybridized carbons (Fsp3) is 0.529. The largest absolute Gasteiger partial charge is 0.337 e. The molecule has 1 aliphatic rings. The van der Waals surface area contributed by atoms with E-state index in [0.717, 1.165) is 37.7 Å². The smallest absolute Gasteiger partial charge is 0.235 e. The summed E-state index contributed by atoms with van der Waals surface area (Å²) in [6, 6.07) is 9.85. The summed E-state index contributed by atoms with van der Waals surface area (Å²) in [5, 5.41) is 16.1. The average Bonchev–Trinajstić information content (AvgIpc) is 2.54. The monoisotopic (exact) mass is 319 g/mol. The number of halogens is 1. The first-order valence-corrected chi connectivity index (χ1v) is 8.14. The van der Waals surface area contributed by atoms with Crippen molar-refractivity contribution in [2.45, 2.75) is 50.6 Å². The molecule has 1 aromatic carbocycles. The molecule has 1 aliphatic carbocycles. The molecule has 1 atom stereocenters. The maximum atomic E-state index is 12.1. The van der Waals surface area contributed by atoms with E-state index in [0.29, 0.717) is 5.02 Å². The van der Waals surface area contributed by atoms with E-state index >= 15 is 0 Å². The van der Waals surface area contributed by atoms with Crippen LogP contribution in [0.1, 0.15) is 50.6 Å². The van der Waals surface area contributed by atoms with Crippen molar-refractivity contribution in [2.75, 3.05) is 6.54 Å². The molecule has 0 aromatic heterocycles. The van der Waals surface area contributed by atoms with Crippen LogP contribution >= 0.6 is 11.6 Å². The molecule has 1 saturated carbocycles. The van der Waals surface area contributed by atoms with Crippen molar-refractivity contribution in [2.24, 2.45) is 0 Å². The molecule has 0 heterocycles. The quantitative estimate of drug-likeness (QED) is 0.875. The normalized spacial score (nSPS) is 18.2. The summed E-state index contributed by atoms with van der Waals surface area (Å²) in [7, 11) is 0. The number of carbonyl (C=O) groups is 1. The van der Waals surface area contributed by atoms with Crippen LogP contribution < -0.4 is 10.6 Å². The van der Waals surface area contributed by atoms with Gasteiger partial charge in [0.2, 0.25) is 5.91 Å². The Morgan fingerprint density at radius 3 is 2.68 bits per heavy atom. The molecule has 0 bridgehead atoms. The minimum Gasteiger partial charge on any atom is -0.337 e. The van der Waals surface area contributed by atoms with Gasteiger partial charge in [-0.1, -0.05) is 49.1 Å². The summed E-state index contributed by atoms with van der Waals surface area (Å²) >= 11 is 6.15. The zero-order valence-electron chi connectivity index (χ0n) is 12.9. The molecule has 1 aromatic rings. The van der Waals surface area contributed by atoms with E-state index < -0.39 is 5.54 Å². The fourth-order valence-electron chi connectivity index (χ4n) is 2.91. The summed E-state index contributed by atoms with van der Waals surface area (Å²) < 4.78 is 0. The molecule has 118 valence electrons. The second-order valence-corrected chi connectivity index (χ2v) is 6.33. The molecule has 0 aliphatic heterocycles. The van der Waals surface area contributed by atoms with Crippen molar-refractivity contribution in [3.05, 3.63) is 34.9 Å². The highest BCUT2D eigenvalue weighted by molar-refractivity contribution is 6.31. The predicted molar refractivity (Wildman–Crippen MR) is 87.4 cm³/mol. The molecular weight excluding hydrogens is 298 g/mol. The van der Waals surface area contributed by atoms with Crippen LogP contribution in [-0.2, 0) is 4.79 Å². The number of amides is 1. The SMILES string of the molecule is CC(NCC(=O)NC1(C#N)CCCCC1)c1ccccc1Cl. The van der Waals surface area contributed by atoms with Crippen LogP contribution in [0.3, 0.4) is 0 Å². The van der Waals surface area contributed by atoms with Gasteiger partial charge >= 0.3 is 0 Å². The molecular formula is C17H22ClN3O. The average molecular weight is 320 g/mol. The van der Waals surface area contributed by atoms with Crippen LogP contribution in [0.15, 0.2) is 24.3 Å². The van der Waals surface area contributed by atoms with Crippen molar-refractivity contribution in [3.8, 4) is 6.07 Å². The van der Waals surface area contributed by atoms with Gasteiger partial charge in [-0.25, -0.2) is 0 Å². The number of hydrogen-bond acceptors (Lipinski definition) is 3. The second kappa shape index (κ2) is 7.62. The van der Waals surface area contributed by atoms with Crippen LogP contribution in [0.25, 0.3) is 0 Å². The lowest BCUT2D eigenvalue weighted by molar-refractivity contribution is -0.122. The summed E-state index contributed by atoms with van der Waals surface area (Å²) in [5.74, 6) is -0.137. The van der Waals surface area contributed by atoms with E-state index in [1.807, 2.05) is 31.2 Å². The Balaban J connectivity index is 1.87. The van der Waals surface area contributed by atoms with E-state index in [1.165, 1.54) is 0 Å². The number of nitriles is 1. The maximum Gasteiger partial charge on any atom is 0.235 e. The summed E-state index contributed by atoms with van der Waals surface area (Å²) in [6.45, 7) is 2.14. The molecule has 2 N–H and O–H groups in total. The van der Waals surface area contributed by atoms with Crippen molar-refractivity contribution < 1.29 is 4.79 Å². The first kappa shape index (κ1) is 16.8. The number of nitrogens with zero attached hydrogens (tertiary/aromatic N) is 1. The molecule has 4 nitrogen and oxygen atoms in total. The van der Waals surface area contributed by atoms with Gasteiger partial charge in [-0.05, 0) is 31.4 Å². The van der Waals surface area contributed by atoms with Gasteiger partial charge in [-0.3, -0.25) is 4.79 Å². The molecule has 2 rings (SSSR count). The standard InChI is InChI=1S/C17H22ClN3O/c1-13(14-7-3-4-8-15(14)18)20-11-16(22)21-17(12-19)9-5-2-6-10-17/h3-4,7-8,13,20H,2,5-6,9-11H2,1H3,(H,21,22). The van der Waals surface area contributed by atoms with Gasteiger partial charge in [0.05, 0.1) is 12.6 Å². The van der Waals surface area contributed by atoms with Gasteiger partial charge in [0.1, 0.15) is 5.54 Å². The third-order valence-electron chi connectivity index (χ3n) is 4.24. The lowest BCUT2D eigenvalue weighted by Crippen LogP contribution is -2.51. The Morgan fingerprint density at radius 2 is 2.05 bits per heavy atom. The highest BCUT2D eigenvalue weighted by Gasteiger charge is 2.33.